The lowest BCUT2D eigenvalue weighted by Gasteiger charge is -2.02. The first kappa shape index (κ1) is 13.4. The van der Waals surface area contributed by atoms with Crippen molar-refractivity contribution >= 4 is 5.97 Å². The minimum absolute atomic E-state index is 0.354. The number of hydrogen-bond donors (Lipinski definition) is 1. The molecule has 0 bridgehead atoms. The summed E-state index contributed by atoms with van der Waals surface area (Å²) in [5, 5.41) is 0. The van der Waals surface area contributed by atoms with Gasteiger partial charge in [0.05, 0.1) is 6.61 Å². The number of carbonyl (C=O) groups excluding carboxylic acids is 1. The van der Waals surface area contributed by atoms with Gasteiger partial charge in [-0.25, -0.2) is 9.78 Å². The summed E-state index contributed by atoms with van der Waals surface area (Å²) in [5.41, 5.74) is 0.421. The van der Waals surface area contributed by atoms with Crippen LogP contribution < -0.4 is 0 Å². The molecule has 0 amide bonds. The van der Waals surface area contributed by atoms with E-state index in [4.69, 9.17) is 4.74 Å². The number of H-pyrrole nitrogens is 1. The van der Waals surface area contributed by atoms with Gasteiger partial charge in [-0.15, -0.1) is 0 Å². The number of rotatable bonds is 6. The number of aromatic amines is 1. The number of carbonyl (C=O) groups is 1. The van der Waals surface area contributed by atoms with Crippen LogP contribution in [0.15, 0.2) is 24.5 Å². The molecule has 0 radical (unpaired) electrons. The van der Waals surface area contributed by atoms with Gasteiger partial charge in [0.2, 0.25) is 0 Å². The summed E-state index contributed by atoms with van der Waals surface area (Å²) in [6.07, 6.45) is 6.70. The number of hydrogen-bond acceptors (Lipinski definition) is 3. The van der Waals surface area contributed by atoms with Crippen LogP contribution in [-0.2, 0) is 11.2 Å². The van der Waals surface area contributed by atoms with Crippen molar-refractivity contribution in [3.63, 3.8) is 0 Å². The third-order valence-electron chi connectivity index (χ3n) is 2.83. The van der Waals surface area contributed by atoms with Crippen LogP contribution in [0.4, 0.5) is 0 Å². The second-order valence-corrected chi connectivity index (χ2v) is 4.30. The number of imidazole rings is 1. The number of aryl methyl sites for hydroxylation is 1. The average Bonchev–Trinajstić information content (AvgIpc) is 3.05. The summed E-state index contributed by atoms with van der Waals surface area (Å²) >= 11 is 0. The smallest absolute Gasteiger partial charge is 0.358 e. The molecule has 19 heavy (non-hydrogen) atoms. The molecule has 0 unspecified atom stereocenters. The summed E-state index contributed by atoms with van der Waals surface area (Å²) in [6, 6.07) is 3.80. The first-order chi connectivity index (χ1) is 9.26. The fourth-order valence-corrected chi connectivity index (χ4v) is 1.88. The zero-order chi connectivity index (χ0) is 13.7. The minimum Gasteiger partial charge on any atom is -0.461 e. The van der Waals surface area contributed by atoms with E-state index in [0.29, 0.717) is 18.1 Å². The quantitative estimate of drug-likeness (QED) is 0.813. The molecule has 0 aromatic carbocycles. The third kappa shape index (κ3) is 3.05. The largest absolute Gasteiger partial charge is 0.461 e. The monoisotopic (exact) mass is 261 g/mol. The van der Waals surface area contributed by atoms with Gasteiger partial charge in [-0.05, 0) is 25.5 Å². The van der Waals surface area contributed by atoms with Crippen LogP contribution in [0.5, 0.6) is 0 Å². The molecule has 0 atom stereocenters. The van der Waals surface area contributed by atoms with Crippen molar-refractivity contribution in [2.45, 2.75) is 33.1 Å². The van der Waals surface area contributed by atoms with E-state index in [1.165, 1.54) is 0 Å². The zero-order valence-corrected chi connectivity index (χ0v) is 11.3. The van der Waals surface area contributed by atoms with Gasteiger partial charge in [0.15, 0.2) is 11.5 Å². The zero-order valence-electron chi connectivity index (χ0n) is 11.3. The fraction of sp³-hybridized carbons (Fsp3) is 0.429. The van der Waals surface area contributed by atoms with Gasteiger partial charge < -0.3 is 14.3 Å². The van der Waals surface area contributed by atoms with E-state index in [2.05, 4.69) is 16.9 Å². The lowest BCUT2D eigenvalue weighted by atomic mass is 10.2. The highest BCUT2D eigenvalue weighted by Gasteiger charge is 2.19. The van der Waals surface area contributed by atoms with E-state index in [1.54, 1.807) is 6.92 Å². The molecule has 2 aromatic heterocycles. The van der Waals surface area contributed by atoms with Crippen LogP contribution in [0.3, 0.4) is 0 Å². The van der Waals surface area contributed by atoms with E-state index in [-0.39, 0.29) is 5.97 Å². The Morgan fingerprint density at radius 1 is 1.37 bits per heavy atom. The van der Waals surface area contributed by atoms with Crippen molar-refractivity contribution in [1.29, 1.82) is 0 Å². The minimum atomic E-state index is -0.360. The third-order valence-corrected chi connectivity index (χ3v) is 2.83. The Morgan fingerprint density at radius 2 is 2.11 bits per heavy atom. The maximum absolute atomic E-state index is 11.9. The van der Waals surface area contributed by atoms with Crippen LogP contribution in [0.2, 0.25) is 0 Å². The molecule has 0 saturated heterocycles. The van der Waals surface area contributed by atoms with Crippen molar-refractivity contribution in [2.24, 2.45) is 0 Å². The Hall–Kier alpha value is -2.04. The van der Waals surface area contributed by atoms with Gasteiger partial charge in [-0.2, -0.15) is 0 Å². The number of unbranched alkanes of at least 4 members (excludes halogenated alkanes) is 1. The summed E-state index contributed by atoms with van der Waals surface area (Å²) in [4.78, 5) is 19.5. The predicted octanol–water partition coefficient (Wildman–Crippen LogP) is 2.72. The van der Waals surface area contributed by atoms with Crippen LogP contribution in [-0.4, -0.2) is 27.1 Å². The van der Waals surface area contributed by atoms with E-state index in [0.717, 1.165) is 25.1 Å². The Morgan fingerprint density at radius 3 is 2.74 bits per heavy atom. The SMILES string of the molecule is CCCCc1nc(-n2cccc2)c(C(=O)OCC)[nH]1. The molecule has 5 heteroatoms. The standard InChI is InChI=1S/C14H19N3O2/c1-3-5-8-11-15-12(14(18)19-4-2)13(16-11)17-9-6-7-10-17/h6-7,9-10H,3-5,8H2,1-2H3,(H,15,16). The molecule has 2 aromatic rings. The number of nitrogens with zero attached hydrogens (tertiary/aromatic N) is 2. The van der Waals surface area contributed by atoms with Gasteiger partial charge in [0, 0.05) is 18.8 Å². The number of aromatic nitrogens is 3. The van der Waals surface area contributed by atoms with E-state index < -0.39 is 0 Å². The molecule has 0 saturated carbocycles. The van der Waals surface area contributed by atoms with Crippen molar-refractivity contribution in [2.75, 3.05) is 6.61 Å². The second-order valence-electron chi connectivity index (χ2n) is 4.30. The molecule has 0 spiro atoms. The topological polar surface area (TPSA) is 59.9 Å². The van der Waals surface area contributed by atoms with Gasteiger partial charge in [-0.1, -0.05) is 13.3 Å². The van der Waals surface area contributed by atoms with Crippen molar-refractivity contribution in [3.05, 3.63) is 36.0 Å². The second kappa shape index (κ2) is 6.22. The van der Waals surface area contributed by atoms with Gasteiger partial charge in [-0.3, -0.25) is 0 Å². The molecule has 1 N–H and O–H groups in total. The van der Waals surface area contributed by atoms with E-state index >= 15 is 0 Å². The molecular weight excluding hydrogens is 242 g/mol. The number of esters is 1. The number of ether oxygens (including phenoxy) is 1. The van der Waals surface area contributed by atoms with Gasteiger partial charge in [0.25, 0.3) is 0 Å². The average molecular weight is 261 g/mol. The van der Waals surface area contributed by atoms with E-state index in [9.17, 15) is 4.79 Å². The Kier molecular flexibility index (Phi) is 4.39. The normalized spacial score (nSPS) is 10.6. The molecule has 0 fully saturated rings. The van der Waals surface area contributed by atoms with Gasteiger partial charge >= 0.3 is 5.97 Å². The summed E-state index contributed by atoms with van der Waals surface area (Å²) in [6.45, 7) is 4.27. The number of nitrogens with one attached hydrogen (secondary N) is 1. The lowest BCUT2D eigenvalue weighted by Crippen LogP contribution is -2.09. The maximum Gasteiger partial charge on any atom is 0.358 e. The molecule has 2 heterocycles. The molecule has 5 nitrogen and oxygen atoms in total. The van der Waals surface area contributed by atoms with Crippen LogP contribution in [0.1, 0.15) is 43.0 Å². The highest BCUT2D eigenvalue weighted by Crippen LogP contribution is 2.15. The van der Waals surface area contributed by atoms with Crippen LogP contribution in [0.25, 0.3) is 5.82 Å². The Bertz CT molecular complexity index is 529. The highest BCUT2D eigenvalue weighted by atomic mass is 16.5. The molecule has 0 aliphatic rings. The molecule has 102 valence electrons. The van der Waals surface area contributed by atoms with Crippen molar-refractivity contribution < 1.29 is 9.53 Å². The molecular formula is C14H19N3O2. The lowest BCUT2D eigenvalue weighted by molar-refractivity contribution is 0.0520. The van der Waals surface area contributed by atoms with Crippen LogP contribution in [0, 0.1) is 0 Å². The van der Waals surface area contributed by atoms with E-state index in [1.807, 2.05) is 29.1 Å². The maximum atomic E-state index is 11.9. The molecule has 2 rings (SSSR count). The van der Waals surface area contributed by atoms with Crippen molar-refractivity contribution in [1.82, 2.24) is 14.5 Å². The van der Waals surface area contributed by atoms with Crippen molar-refractivity contribution in [3.8, 4) is 5.82 Å². The fourth-order valence-electron chi connectivity index (χ4n) is 1.88. The van der Waals surface area contributed by atoms with Crippen LogP contribution >= 0.6 is 0 Å². The Balaban J connectivity index is 2.33. The first-order valence-electron chi connectivity index (χ1n) is 6.65. The summed E-state index contributed by atoms with van der Waals surface area (Å²) < 4.78 is 6.88. The highest BCUT2D eigenvalue weighted by molar-refractivity contribution is 5.90. The Labute approximate surface area is 112 Å². The summed E-state index contributed by atoms with van der Waals surface area (Å²) in [5.74, 6) is 1.07. The van der Waals surface area contributed by atoms with Gasteiger partial charge in [0.1, 0.15) is 5.82 Å². The summed E-state index contributed by atoms with van der Waals surface area (Å²) in [7, 11) is 0. The first-order valence-corrected chi connectivity index (χ1v) is 6.65. The predicted molar refractivity (Wildman–Crippen MR) is 72.5 cm³/mol. The molecule has 0 aliphatic heterocycles. The molecule has 0 aliphatic carbocycles.